The number of H-pyrrole nitrogens is 1. The summed E-state index contributed by atoms with van der Waals surface area (Å²) in [7, 11) is 0. The first-order chi connectivity index (χ1) is 15.1. The van der Waals surface area contributed by atoms with E-state index in [1.165, 1.54) is 22.2 Å². The van der Waals surface area contributed by atoms with Crippen molar-refractivity contribution in [2.24, 2.45) is 10.2 Å². The monoisotopic (exact) mass is 429 g/mol. The molecule has 3 aromatic heterocycles. The summed E-state index contributed by atoms with van der Waals surface area (Å²) in [6, 6.07) is 16.7. The SMILES string of the molecule is O=C(Cn1cnc2scc(-c3ccccc3)c2c1=O)N=Nc1c(O)[nH]c2ccccc12. The van der Waals surface area contributed by atoms with Crippen molar-refractivity contribution in [2.45, 2.75) is 6.54 Å². The molecule has 0 aliphatic carbocycles. The summed E-state index contributed by atoms with van der Waals surface area (Å²) >= 11 is 1.38. The van der Waals surface area contributed by atoms with Crippen LogP contribution in [0.25, 0.3) is 32.2 Å². The highest BCUT2D eigenvalue weighted by molar-refractivity contribution is 7.17. The first kappa shape index (κ1) is 18.9. The normalized spacial score (nSPS) is 11.6. The molecule has 9 heteroatoms. The highest BCUT2D eigenvalue weighted by Crippen LogP contribution is 2.35. The third-order valence-corrected chi connectivity index (χ3v) is 5.76. The van der Waals surface area contributed by atoms with Crippen LogP contribution in [0.5, 0.6) is 5.88 Å². The third kappa shape index (κ3) is 3.40. The van der Waals surface area contributed by atoms with Gasteiger partial charge < -0.3 is 10.1 Å². The Hall–Kier alpha value is -4.11. The Labute approximate surface area is 179 Å². The smallest absolute Gasteiger partial charge is 0.284 e. The van der Waals surface area contributed by atoms with E-state index in [9.17, 15) is 14.7 Å². The number of nitrogens with zero attached hydrogens (tertiary/aromatic N) is 4. The number of benzene rings is 2. The third-order valence-electron chi connectivity index (χ3n) is 4.87. The number of aromatic nitrogens is 3. The number of hydrogen-bond acceptors (Lipinski definition) is 6. The van der Waals surface area contributed by atoms with Crippen molar-refractivity contribution in [3.05, 3.63) is 76.7 Å². The molecule has 1 amide bonds. The Kier molecular flexibility index (Phi) is 4.64. The lowest BCUT2D eigenvalue weighted by atomic mass is 10.1. The summed E-state index contributed by atoms with van der Waals surface area (Å²) in [6.45, 7) is -0.307. The molecule has 0 radical (unpaired) electrons. The van der Waals surface area contributed by atoms with Gasteiger partial charge in [0.25, 0.3) is 11.5 Å². The van der Waals surface area contributed by atoms with Crippen LogP contribution < -0.4 is 5.56 Å². The summed E-state index contributed by atoms with van der Waals surface area (Å²) in [5.41, 5.74) is 2.23. The van der Waals surface area contributed by atoms with Crippen LogP contribution in [0.15, 0.2) is 81.3 Å². The zero-order valence-corrected chi connectivity index (χ0v) is 16.8. The standard InChI is InChI=1S/C22H15N5O3S/c28-17(25-26-19-14-8-4-5-9-16(14)24-20(19)29)10-27-12-23-21-18(22(27)30)15(11-31-21)13-6-2-1-3-7-13/h1-9,11-12,24,29H,10H2. The van der Waals surface area contributed by atoms with Gasteiger partial charge in [-0.15, -0.1) is 21.6 Å². The highest BCUT2D eigenvalue weighted by atomic mass is 32.1. The van der Waals surface area contributed by atoms with Gasteiger partial charge in [0.15, 0.2) is 5.69 Å². The number of carbonyl (C=O) groups is 1. The van der Waals surface area contributed by atoms with Gasteiger partial charge in [-0.05, 0) is 11.6 Å². The summed E-state index contributed by atoms with van der Waals surface area (Å²) in [5, 5.41) is 20.6. The van der Waals surface area contributed by atoms with Crippen molar-refractivity contribution in [1.29, 1.82) is 0 Å². The molecule has 3 heterocycles. The lowest BCUT2D eigenvalue weighted by molar-refractivity contribution is -0.118. The van der Waals surface area contributed by atoms with E-state index in [4.69, 9.17) is 0 Å². The number of nitrogens with one attached hydrogen (secondary N) is 1. The molecule has 0 atom stereocenters. The van der Waals surface area contributed by atoms with Gasteiger partial charge in [0, 0.05) is 16.3 Å². The van der Waals surface area contributed by atoms with Crippen molar-refractivity contribution in [3.63, 3.8) is 0 Å². The van der Waals surface area contributed by atoms with E-state index in [2.05, 4.69) is 20.2 Å². The molecule has 2 N–H and O–H groups in total. The molecular formula is C22H15N5O3S. The molecule has 0 spiro atoms. The predicted octanol–water partition coefficient (Wildman–Crippen LogP) is 4.62. The predicted molar refractivity (Wildman–Crippen MR) is 119 cm³/mol. The minimum Gasteiger partial charge on any atom is -0.493 e. The molecule has 0 unspecified atom stereocenters. The Morgan fingerprint density at radius 2 is 1.90 bits per heavy atom. The molecule has 8 nitrogen and oxygen atoms in total. The Bertz CT molecular complexity index is 1520. The van der Waals surface area contributed by atoms with Gasteiger partial charge in [-0.3, -0.25) is 14.2 Å². The highest BCUT2D eigenvalue weighted by Gasteiger charge is 2.15. The van der Waals surface area contributed by atoms with Crippen molar-refractivity contribution in [3.8, 4) is 17.0 Å². The zero-order valence-electron chi connectivity index (χ0n) is 16.0. The second kappa shape index (κ2) is 7.62. The van der Waals surface area contributed by atoms with Gasteiger partial charge >= 0.3 is 0 Å². The quantitative estimate of drug-likeness (QED) is 0.406. The van der Waals surface area contributed by atoms with Gasteiger partial charge in [0.05, 0.1) is 17.2 Å². The van der Waals surface area contributed by atoms with E-state index >= 15 is 0 Å². The van der Waals surface area contributed by atoms with Crippen molar-refractivity contribution in [1.82, 2.24) is 14.5 Å². The van der Waals surface area contributed by atoms with Gasteiger partial charge in [-0.2, -0.15) is 0 Å². The lowest BCUT2D eigenvalue weighted by Crippen LogP contribution is -2.23. The molecule has 152 valence electrons. The number of carbonyl (C=O) groups excluding carboxylic acids is 1. The fourth-order valence-corrected chi connectivity index (χ4v) is 4.31. The Morgan fingerprint density at radius 1 is 1.13 bits per heavy atom. The van der Waals surface area contributed by atoms with E-state index < -0.39 is 5.91 Å². The van der Waals surface area contributed by atoms with Crippen LogP contribution in [0, 0.1) is 0 Å². The maximum absolute atomic E-state index is 13.0. The summed E-state index contributed by atoms with van der Waals surface area (Å²) in [4.78, 5) is 33.1. The van der Waals surface area contributed by atoms with Crippen LogP contribution in [0.1, 0.15) is 0 Å². The Balaban J connectivity index is 1.46. The lowest BCUT2D eigenvalue weighted by Gasteiger charge is -2.03. The van der Waals surface area contributed by atoms with Crippen LogP contribution in [-0.2, 0) is 11.3 Å². The number of thiophene rings is 1. The van der Waals surface area contributed by atoms with Gasteiger partial charge in [0.2, 0.25) is 5.88 Å². The average Bonchev–Trinajstić information content (AvgIpc) is 3.36. The molecule has 0 saturated heterocycles. The van der Waals surface area contributed by atoms with E-state index in [-0.39, 0.29) is 23.7 Å². The molecular weight excluding hydrogens is 414 g/mol. The van der Waals surface area contributed by atoms with E-state index in [0.717, 1.165) is 11.1 Å². The molecule has 0 saturated carbocycles. The first-order valence-corrected chi connectivity index (χ1v) is 10.3. The van der Waals surface area contributed by atoms with Gasteiger partial charge in [-0.25, -0.2) is 4.98 Å². The molecule has 0 aliphatic rings. The Morgan fingerprint density at radius 3 is 2.74 bits per heavy atom. The number of aromatic amines is 1. The molecule has 0 aliphatic heterocycles. The number of para-hydroxylation sites is 1. The van der Waals surface area contributed by atoms with Crippen LogP contribution in [0.3, 0.4) is 0 Å². The van der Waals surface area contributed by atoms with E-state index in [0.29, 0.717) is 21.1 Å². The fourth-order valence-electron chi connectivity index (χ4n) is 3.41. The molecule has 2 aromatic carbocycles. The largest absolute Gasteiger partial charge is 0.493 e. The number of aromatic hydroxyl groups is 1. The number of azo groups is 1. The number of rotatable bonds is 4. The van der Waals surface area contributed by atoms with Gasteiger partial charge in [0.1, 0.15) is 11.4 Å². The summed E-state index contributed by atoms with van der Waals surface area (Å²) in [6.07, 6.45) is 1.34. The topological polar surface area (TPSA) is 113 Å². The molecule has 5 aromatic rings. The molecule has 0 bridgehead atoms. The number of amides is 1. The summed E-state index contributed by atoms with van der Waals surface area (Å²) in [5.74, 6) is -0.812. The van der Waals surface area contributed by atoms with Crippen LogP contribution in [-0.4, -0.2) is 25.5 Å². The van der Waals surface area contributed by atoms with Gasteiger partial charge in [-0.1, -0.05) is 48.5 Å². The van der Waals surface area contributed by atoms with Crippen molar-refractivity contribution in [2.75, 3.05) is 0 Å². The van der Waals surface area contributed by atoms with Crippen LogP contribution in [0.2, 0.25) is 0 Å². The first-order valence-electron chi connectivity index (χ1n) is 9.38. The van der Waals surface area contributed by atoms with Crippen molar-refractivity contribution >= 4 is 44.1 Å². The maximum atomic E-state index is 13.0. The molecule has 31 heavy (non-hydrogen) atoms. The second-order valence-corrected chi connectivity index (χ2v) is 7.69. The van der Waals surface area contributed by atoms with Crippen LogP contribution in [0.4, 0.5) is 5.69 Å². The minimum absolute atomic E-state index is 0.175. The summed E-state index contributed by atoms with van der Waals surface area (Å²) < 4.78 is 1.22. The zero-order chi connectivity index (χ0) is 21.4. The van der Waals surface area contributed by atoms with E-state index in [1.807, 2.05) is 41.8 Å². The minimum atomic E-state index is -0.635. The second-order valence-electron chi connectivity index (χ2n) is 6.83. The number of hydrogen-bond donors (Lipinski definition) is 2. The van der Waals surface area contributed by atoms with Crippen molar-refractivity contribution < 1.29 is 9.90 Å². The average molecular weight is 429 g/mol. The number of fused-ring (bicyclic) bond motifs is 2. The molecule has 5 rings (SSSR count). The van der Waals surface area contributed by atoms with E-state index in [1.54, 1.807) is 18.2 Å². The molecule has 0 fully saturated rings. The van der Waals surface area contributed by atoms with Crippen LogP contribution >= 0.6 is 11.3 Å². The maximum Gasteiger partial charge on any atom is 0.284 e. The fraction of sp³-hybridized carbons (Fsp3) is 0.0455.